The molecule has 38 heavy (non-hydrogen) atoms. The molecule has 1 aliphatic carbocycles. The second kappa shape index (κ2) is 8.65. The number of imide groups is 1. The van der Waals surface area contributed by atoms with Crippen LogP contribution in [-0.2, 0) is 22.4 Å². The van der Waals surface area contributed by atoms with Crippen LogP contribution in [0.15, 0.2) is 77.8 Å². The van der Waals surface area contributed by atoms with E-state index in [1.165, 1.54) is 4.90 Å². The third kappa shape index (κ3) is 3.58. The lowest BCUT2D eigenvalue weighted by Gasteiger charge is -2.33. The van der Waals surface area contributed by atoms with E-state index < -0.39 is 35.5 Å². The van der Waals surface area contributed by atoms with Crippen LogP contribution in [0.2, 0.25) is 0 Å². The van der Waals surface area contributed by atoms with Gasteiger partial charge in [0.15, 0.2) is 0 Å². The lowest BCUT2D eigenvalue weighted by Crippen LogP contribution is -2.53. The van der Waals surface area contributed by atoms with E-state index in [0.29, 0.717) is 29.8 Å². The summed E-state index contributed by atoms with van der Waals surface area (Å²) in [4.78, 5) is 59.9. The number of rotatable bonds is 3. The fraction of sp³-hybridized carbons (Fsp3) is 0.207. The maximum atomic E-state index is 14.0. The number of aliphatic imine (C=N–C) groups is 1. The van der Waals surface area contributed by atoms with Crippen LogP contribution in [0.1, 0.15) is 39.0 Å². The fourth-order valence-electron chi connectivity index (χ4n) is 5.60. The van der Waals surface area contributed by atoms with Crippen LogP contribution < -0.4 is 16.0 Å². The van der Waals surface area contributed by atoms with Gasteiger partial charge in [-0.05, 0) is 42.2 Å². The number of hydrogen-bond acceptors (Lipinski definition) is 5. The largest absolute Gasteiger partial charge is 0.366 e. The van der Waals surface area contributed by atoms with Crippen molar-refractivity contribution in [2.75, 3.05) is 11.9 Å². The van der Waals surface area contributed by atoms with Gasteiger partial charge in [-0.3, -0.25) is 14.4 Å². The number of fused-ring (bicyclic) bond motifs is 2. The van der Waals surface area contributed by atoms with E-state index in [2.05, 4.69) is 5.32 Å². The number of carbonyl (C=O) groups is 4. The number of nitrogens with two attached hydrogens (primary N) is 1. The Morgan fingerprint density at radius 2 is 1.74 bits per heavy atom. The van der Waals surface area contributed by atoms with Crippen molar-refractivity contribution in [1.29, 1.82) is 0 Å². The van der Waals surface area contributed by atoms with Crippen LogP contribution in [0.3, 0.4) is 0 Å². The predicted octanol–water partition coefficient (Wildman–Crippen LogP) is 2.40. The molecule has 3 aliphatic rings. The molecule has 1 saturated heterocycles. The van der Waals surface area contributed by atoms with Crippen molar-refractivity contribution in [3.05, 3.63) is 101 Å². The first-order valence-electron chi connectivity index (χ1n) is 12.4. The third-order valence-corrected chi connectivity index (χ3v) is 7.61. The van der Waals surface area contributed by atoms with Crippen molar-refractivity contribution in [3.8, 4) is 0 Å². The number of benzodiazepines with no additional fused rings is 1. The molecule has 1 fully saturated rings. The molecule has 3 aromatic rings. The molecule has 9 nitrogen and oxygen atoms in total. The number of nitrogens with zero attached hydrogens (tertiary/aromatic N) is 3. The molecule has 190 valence electrons. The Balaban J connectivity index is 1.41. The highest BCUT2D eigenvalue weighted by molar-refractivity contribution is 6.21. The van der Waals surface area contributed by atoms with Gasteiger partial charge in [0.05, 0.1) is 11.4 Å². The Morgan fingerprint density at radius 1 is 1.00 bits per heavy atom. The van der Waals surface area contributed by atoms with E-state index in [4.69, 9.17) is 10.7 Å². The molecule has 1 spiro atoms. The molecule has 0 saturated carbocycles. The highest BCUT2D eigenvalue weighted by Crippen LogP contribution is 2.36. The quantitative estimate of drug-likeness (QED) is 0.528. The molecule has 3 aromatic carbocycles. The first-order chi connectivity index (χ1) is 18.3. The van der Waals surface area contributed by atoms with Crippen LogP contribution in [0.4, 0.5) is 10.5 Å². The Bertz CT molecular complexity index is 1550. The molecule has 0 bridgehead atoms. The van der Waals surface area contributed by atoms with Crippen molar-refractivity contribution in [3.63, 3.8) is 0 Å². The molecule has 6 rings (SSSR count). The zero-order valence-electron chi connectivity index (χ0n) is 20.7. The predicted molar refractivity (Wildman–Crippen MR) is 141 cm³/mol. The van der Waals surface area contributed by atoms with Gasteiger partial charge in [0.1, 0.15) is 5.54 Å². The van der Waals surface area contributed by atoms with Gasteiger partial charge < -0.3 is 16.0 Å². The molecule has 5 amide bonds. The SMILES string of the molecule is CN1C(=O)[C@@H](N2C(=O)NC3(CCc4cc(C(N)=O)ccc4C3)C2=O)N=C(c2ccccc2)c2ccccc21. The number of aryl methyl sites for hydroxylation is 1. The number of urea groups is 1. The van der Waals surface area contributed by atoms with E-state index in [9.17, 15) is 19.2 Å². The molecule has 0 radical (unpaired) electrons. The van der Waals surface area contributed by atoms with Crippen LogP contribution >= 0.6 is 0 Å². The summed E-state index contributed by atoms with van der Waals surface area (Å²) in [6, 6.07) is 21.3. The van der Waals surface area contributed by atoms with Gasteiger partial charge in [-0.15, -0.1) is 0 Å². The topological polar surface area (TPSA) is 125 Å². The maximum absolute atomic E-state index is 14.0. The molecular weight excluding hydrogens is 482 g/mol. The Morgan fingerprint density at radius 3 is 2.50 bits per heavy atom. The van der Waals surface area contributed by atoms with E-state index in [1.54, 1.807) is 25.2 Å². The second-order valence-electron chi connectivity index (χ2n) is 9.84. The number of nitrogens with one attached hydrogen (secondary N) is 1. The van der Waals surface area contributed by atoms with Gasteiger partial charge in [0, 0.05) is 30.2 Å². The van der Waals surface area contributed by atoms with Gasteiger partial charge in [-0.2, -0.15) is 0 Å². The lowest BCUT2D eigenvalue weighted by molar-refractivity contribution is -0.137. The number of para-hydroxylation sites is 1. The minimum absolute atomic E-state index is 0.245. The maximum Gasteiger partial charge on any atom is 0.327 e. The molecule has 1 unspecified atom stereocenters. The fourth-order valence-corrected chi connectivity index (χ4v) is 5.60. The molecule has 2 atom stereocenters. The number of primary amides is 1. The lowest BCUT2D eigenvalue weighted by atomic mass is 9.77. The number of likely N-dealkylation sites (N-methyl/N-ethyl adjacent to an activating group) is 1. The summed E-state index contributed by atoms with van der Waals surface area (Å²) < 4.78 is 0. The summed E-state index contributed by atoms with van der Waals surface area (Å²) in [7, 11) is 1.62. The van der Waals surface area contributed by atoms with Crippen molar-refractivity contribution in [1.82, 2.24) is 10.2 Å². The first kappa shape index (κ1) is 23.6. The molecular formula is C29H25N5O4. The number of benzene rings is 3. The monoisotopic (exact) mass is 507 g/mol. The van der Waals surface area contributed by atoms with Crippen LogP contribution in [0, 0.1) is 0 Å². The van der Waals surface area contributed by atoms with E-state index in [-0.39, 0.29) is 6.42 Å². The third-order valence-electron chi connectivity index (χ3n) is 7.61. The highest BCUT2D eigenvalue weighted by Gasteiger charge is 2.56. The second-order valence-corrected chi connectivity index (χ2v) is 9.84. The van der Waals surface area contributed by atoms with Crippen LogP contribution in [0.5, 0.6) is 0 Å². The first-order valence-corrected chi connectivity index (χ1v) is 12.4. The molecule has 2 heterocycles. The minimum atomic E-state index is -1.37. The number of carbonyl (C=O) groups excluding carboxylic acids is 4. The summed E-state index contributed by atoms with van der Waals surface area (Å²) >= 11 is 0. The molecule has 9 heteroatoms. The standard InChI is InChI=1S/C29H25N5O4/c1-33-22-10-6-5-9-21(22)23(17-7-3-2-4-8-17)31-25(26(33)36)34-27(37)29(32-28(34)38)14-13-18-15-19(24(30)35)11-12-20(18)16-29/h2-12,15,25H,13-14,16H2,1H3,(H2,30,35)(H,32,38)/t25-,29?/m1/s1. The minimum Gasteiger partial charge on any atom is -0.366 e. The smallest absolute Gasteiger partial charge is 0.327 e. The van der Waals surface area contributed by atoms with Gasteiger partial charge in [0.2, 0.25) is 12.1 Å². The zero-order valence-corrected chi connectivity index (χ0v) is 20.7. The van der Waals surface area contributed by atoms with Crippen LogP contribution in [0.25, 0.3) is 0 Å². The summed E-state index contributed by atoms with van der Waals surface area (Å²) in [5.74, 6) is -1.49. The highest BCUT2D eigenvalue weighted by atomic mass is 16.2. The Labute approximate surface area is 218 Å². The van der Waals surface area contributed by atoms with Crippen molar-refractivity contribution in [2.45, 2.75) is 31.0 Å². The molecule has 0 aromatic heterocycles. The zero-order chi connectivity index (χ0) is 26.6. The molecule has 3 N–H and O–H groups in total. The summed E-state index contributed by atoms with van der Waals surface area (Å²) in [5, 5.41) is 2.88. The summed E-state index contributed by atoms with van der Waals surface area (Å²) in [6.07, 6.45) is -0.323. The van der Waals surface area contributed by atoms with E-state index in [1.807, 2.05) is 54.6 Å². The van der Waals surface area contributed by atoms with E-state index >= 15 is 0 Å². The Kier molecular flexibility index (Phi) is 5.37. The molecule has 2 aliphatic heterocycles. The van der Waals surface area contributed by atoms with Crippen molar-refractivity contribution < 1.29 is 19.2 Å². The van der Waals surface area contributed by atoms with Crippen molar-refractivity contribution >= 4 is 35.2 Å². The summed E-state index contributed by atoms with van der Waals surface area (Å²) in [6.45, 7) is 0. The van der Waals surface area contributed by atoms with Crippen LogP contribution in [-0.4, -0.2) is 53.1 Å². The number of anilines is 1. The number of amides is 5. The number of hydrogen-bond donors (Lipinski definition) is 2. The van der Waals surface area contributed by atoms with Gasteiger partial charge in [-0.25, -0.2) is 14.7 Å². The average molecular weight is 508 g/mol. The average Bonchev–Trinajstić information content (AvgIpc) is 3.10. The summed E-state index contributed by atoms with van der Waals surface area (Å²) in [5.41, 5.74) is 9.06. The van der Waals surface area contributed by atoms with Crippen molar-refractivity contribution in [2.24, 2.45) is 10.7 Å². The van der Waals surface area contributed by atoms with E-state index in [0.717, 1.165) is 27.2 Å². The van der Waals surface area contributed by atoms with Gasteiger partial charge in [0.25, 0.3) is 11.8 Å². The van der Waals surface area contributed by atoms with Gasteiger partial charge in [-0.1, -0.05) is 54.6 Å². The normalized spacial score (nSPS) is 22.5. The van der Waals surface area contributed by atoms with Gasteiger partial charge >= 0.3 is 6.03 Å². The Hall–Kier alpha value is -4.79.